The second-order valence-electron chi connectivity index (χ2n) is 4.12. The Morgan fingerprint density at radius 2 is 1.89 bits per heavy atom. The lowest BCUT2D eigenvalue weighted by Crippen LogP contribution is -1.90. The summed E-state index contributed by atoms with van der Waals surface area (Å²) >= 11 is 5.83. The van der Waals surface area contributed by atoms with Gasteiger partial charge >= 0.3 is 0 Å². The van der Waals surface area contributed by atoms with E-state index in [4.69, 9.17) is 11.6 Å². The molecule has 0 aliphatic heterocycles. The van der Waals surface area contributed by atoms with Crippen LogP contribution in [0.2, 0.25) is 5.02 Å². The van der Waals surface area contributed by atoms with Crippen LogP contribution in [0.15, 0.2) is 42.5 Å². The number of rotatable bonds is 2. The number of nitrogens with zero attached hydrogens (tertiary/aromatic N) is 1. The minimum absolute atomic E-state index is 0.300. The maximum Gasteiger partial charge on any atom is 0.151 e. The van der Waals surface area contributed by atoms with Crippen molar-refractivity contribution in [1.82, 2.24) is 9.97 Å². The minimum Gasteiger partial charge on any atom is -0.342 e. The van der Waals surface area contributed by atoms with Crippen molar-refractivity contribution < 1.29 is 4.39 Å². The molecular formula is C14H10ClFN2. The molecule has 3 rings (SSSR count). The Hall–Kier alpha value is -1.87. The maximum absolute atomic E-state index is 13.5. The third-order valence-corrected chi connectivity index (χ3v) is 3.05. The molecule has 3 aromatic rings. The molecule has 2 aromatic carbocycles. The van der Waals surface area contributed by atoms with Gasteiger partial charge in [-0.05, 0) is 29.8 Å². The Morgan fingerprint density at radius 3 is 2.61 bits per heavy atom. The highest BCUT2D eigenvalue weighted by Gasteiger charge is 2.07. The van der Waals surface area contributed by atoms with Crippen molar-refractivity contribution in [2.75, 3.05) is 0 Å². The second kappa shape index (κ2) is 4.42. The SMILES string of the molecule is Fc1cccc2[nH]c(Cc3ccc(Cl)cc3)nc12. The number of H-pyrrole nitrogens is 1. The van der Waals surface area contributed by atoms with Crippen LogP contribution < -0.4 is 0 Å². The summed E-state index contributed by atoms with van der Waals surface area (Å²) < 4.78 is 13.5. The van der Waals surface area contributed by atoms with E-state index < -0.39 is 0 Å². The highest BCUT2D eigenvalue weighted by atomic mass is 35.5. The maximum atomic E-state index is 13.5. The van der Waals surface area contributed by atoms with Gasteiger partial charge in [0.25, 0.3) is 0 Å². The number of benzene rings is 2. The van der Waals surface area contributed by atoms with Gasteiger partial charge in [0, 0.05) is 11.4 Å². The van der Waals surface area contributed by atoms with Crippen molar-refractivity contribution in [1.29, 1.82) is 0 Å². The van der Waals surface area contributed by atoms with Crippen LogP contribution in [0.1, 0.15) is 11.4 Å². The molecule has 4 heteroatoms. The van der Waals surface area contributed by atoms with Gasteiger partial charge in [0.1, 0.15) is 11.3 Å². The van der Waals surface area contributed by atoms with Gasteiger partial charge in [-0.15, -0.1) is 0 Å². The lowest BCUT2D eigenvalue weighted by atomic mass is 10.1. The van der Waals surface area contributed by atoms with Crippen molar-refractivity contribution in [2.45, 2.75) is 6.42 Å². The molecule has 1 N–H and O–H groups in total. The minimum atomic E-state index is -0.300. The molecule has 1 heterocycles. The zero-order valence-corrected chi connectivity index (χ0v) is 10.2. The fraction of sp³-hybridized carbons (Fsp3) is 0.0714. The standard InChI is InChI=1S/C14H10ClFN2/c15-10-6-4-9(5-7-10)8-13-17-12-3-1-2-11(16)14(12)18-13/h1-7H,8H2,(H,17,18). The van der Waals surface area contributed by atoms with Gasteiger partial charge in [-0.2, -0.15) is 0 Å². The first kappa shape index (κ1) is 11.2. The van der Waals surface area contributed by atoms with Gasteiger partial charge in [-0.3, -0.25) is 0 Å². The van der Waals surface area contributed by atoms with Gasteiger partial charge in [0.05, 0.1) is 5.52 Å². The summed E-state index contributed by atoms with van der Waals surface area (Å²) in [4.78, 5) is 7.38. The van der Waals surface area contributed by atoms with E-state index in [9.17, 15) is 4.39 Å². The molecule has 0 unspecified atom stereocenters. The Morgan fingerprint density at radius 1 is 1.11 bits per heavy atom. The molecule has 0 bridgehead atoms. The number of aromatic nitrogens is 2. The molecule has 0 amide bonds. The smallest absolute Gasteiger partial charge is 0.151 e. The topological polar surface area (TPSA) is 28.7 Å². The Bertz CT molecular complexity index is 689. The summed E-state index contributed by atoms with van der Waals surface area (Å²) in [6.45, 7) is 0. The van der Waals surface area contributed by atoms with E-state index in [2.05, 4.69) is 9.97 Å². The highest BCUT2D eigenvalue weighted by molar-refractivity contribution is 6.30. The normalized spacial score (nSPS) is 11.0. The fourth-order valence-electron chi connectivity index (χ4n) is 1.93. The second-order valence-corrected chi connectivity index (χ2v) is 4.56. The lowest BCUT2D eigenvalue weighted by Gasteiger charge is -1.97. The largest absolute Gasteiger partial charge is 0.342 e. The Labute approximate surface area is 108 Å². The molecule has 0 aliphatic carbocycles. The fourth-order valence-corrected chi connectivity index (χ4v) is 2.05. The van der Waals surface area contributed by atoms with E-state index in [0.29, 0.717) is 17.0 Å². The van der Waals surface area contributed by atoms with Crippen molar-refractivity contribution in [3.05, 3.63) is 64.7 Å². The first-order valence-electron chi connectivity index (χ1n) is 5.60. The van der Waals surface area contributed by atoms with E-state index in [1.165, 1.54) is 6.07 Å². The molecule has 0 aliphatic rings. The monoisotopic (exact) mass is 260 g/mol. The molecule has 0 spiro atoms. The van der Waals surface area contributed by atoms with Crippen molar-refractivity contribution >= 4 is 22.6 Å². The lowest BCUT2D eigenvalue weighted by molar-refractivity contribution is 0.637. The summed E-state index contributed by atoms with van der Waals surface area (Å²) in [5.74, 6) is 0.448. The molecule has 1 aromatic heterocycles. The van der Waals surface area contributed by atoms with E-state index in [1.807, 2.05) is 30.3 Å². The summed E-state index contributed by atoms with van der Waals surface area (Å²) in [6.07, 6.45) is 0.630. The summed E-state index contributed by atoms with van der Waals surface area (Å²) in [5.41, 5.74) is 2.19. The number of aromatic amines is 1. The number of para-hydroxylation sites is 1. The number of hydrogen-bond acceptors (Lipinski definition) is 1. The summed E-state index contributed by atoms with van der Waals surface area (Å²) in [6, 6.07) is 12.4. The van der Waals surface area contributed by atoms with Gasteiger partial charge in [0.2, 0.25) is 0 Å². The Kier molecular flexibility index (Phi) is 2.76. The molecule has 0 radical (unpaired) electrons. The molecule has 0 atom stereocenters. The van der Waals surface area contributed by atoms with Crippen LogP contribution in [0, 0.1) is 5.82 Å². The molecule has 2 nitrogen and oxygen atoms in total. The molecule has 0 saturated carbocycles. The van der Waals surface area contributed by atoms with Gasteiger partial charge in [-0.25, -0.2) is 9.37 Å². The molecule has 0 fully saturated rings. The van der Waals surface area contributed by atoms with E-state index in [0.717, 1.165) is 16.9 Å². The summed E-state index contributed by atoms with van der Waals surface area (Å²) in [7, 11) is 0. The van der Waals surface area contributed by atoms with Crippen molar-refractivity contribution in [2.24, 2.45) is 0 Å². The third kappa shape index (κ3) is 2.09. The predicted molar refractivity (Wildman–Crippen MR) is 70.3 cm³/mol. The van der Waals surface area contributed by atoms with E-state index in [1.54, 1.807) is 6.07 Å². The van der Waals surface area contributed by atoms with Gasteiger partial charge in [-0.1, -0.05) is 29.8 Å². The number of hydrogen-bond donors (Lipinski definition) is 1. The van der Waals surface area contributed by atoms with Gasteiger partial charge < -0.3 is 4.98 Å². The highest BCUT2D eigenvalue weighted by Crippen LogP contribution is 2.17. The molecular weight excluding hydrogens is 251 g/mol. The first-order chi connectivity index (χ1) is 8.72. The zero-order valence-electron chi connectivity index (χ0n) is 9.45. The van der Waals surface area contributed by atoms with Crippen LogP contribution in [-0.4, -0.2) is 9.97 Å². The number of nitrogens with one attached hydrogen (secondary N) is 1. The first-order valence-corrected chi connectivity index (χ1v) is 5.98. The van der Waals surface area contributed by atoms with Crippen LogP contribution in [0.3, 0.4) is 0 Å². The van der Waals surface area contributed by atoms with Crippen LogP contribution in [-0.2, 0) is 6.42 Å². The average molecular weight is 261 g/mol. The predicted octanol–water partition coefficient (Wildman–Crippen LogP) is 3.95. The van der Waals surface area contributed by atoms with Crippen LogP contribution in [0.4, 0.5) is 4.39 Å². The number of fused-ring (bicyclic) bond motifs is 1. The molecule has 0 saturated heterocycles. The van der Waals surface area contributed by atoms with E-state index >= 15 is 0 Å². The van der Waals surface area contributed by atoms with Crippen LogP contribution >= 0.6 is 11.6 Å². The number of imidazole rings is 1. The quantitative estimate of drug-likeness (QED) is 0.743. The van der Waals surface area contributed by atoms with Crippen molar-refractivity contribution in [3.8, 4) is 0 Å². The zero-order chi connectivity index (χ0) is 12.5. The number of halogens is 2. The van der Waals surface area contributed by atoms with Gasteiger partial charge in [0.15, 0.2) is 5.82 Å². The molecule has 90 valence electrons. The van der Waals surface area contributed by atoms with Crippen molar-refractivity contribution in [3.63, 3.8) is 0 Å². The Balaban J connectivity index is 1.95. The van der Waals surface area contributed by atoms with Crippen LogP contribution in [0.5, 0.6) is 0 Å². The van der Waals surface area contributed by atoms with Crippen LogP contribution in [0.25, 0.3) is 11.0 Å². The molecule has 18 heavy (non-hydrogen) atoms. The average Bonchev–Trinajstić information content (AvgIpc) is 2.76. The summed E-state index contributed by atoms with van der Waals surface area (Å²) in [5, 5.41) is 0.703. The van der Waals surface area contributed by atoms with E-state index in [-0.39, 0.29) is 5.82 Å². The third-order valence-electron chi connectivity index (χ3n) is 2.80.